The van der Waals surface area contributed by atoms with Gasteiger partial charge in [-0.15, -0.1) is 0 Å². The summed E-state index contributed by atoms with van der Waals surface area (Å²) in [4.78, 5) is 15.3. The van der Waals surface area contributed by atoms with Gasteiger partial charge in [-0.25, -0.2) is 0 Å². The van der Waals surface area contributed by atoms with Gasteiger partial charge in [-0.05, 0) is 7.05 Å². The van der Waals surface area contributed by atoms with E-state index in [-0.39, 0.29) is 3.91 Å². The Morgan fingerprint density at radius 2 is 2.00 bits per heavy atom. The van der Waals surface area contributed by atoms with E-state index in [9.17, 15) is 4.79 Å². The molecule has 1 saturated heterocycles. The van der Waals surface area contributed by atoms with Crippen molar-refractivity contribution in [2.75, 3.05) is 46.3 Å². The Morgan fingerprint density at radius 1 is 1.38 bits per heavy atom. The zero-order chi connectivity index (χ0) is 9.68. The van der Waals surface area contributed by atoms with E-state index >= 15 is 0 Å². The molecule has 4 nitrogen and oxygen atoms in total. The monoisotopic (exact) mass is 297 g/mol. The molecule has 1 heterocycles. The minimum absolute atomic E-state index is 0.0340. The van der Waals surface area contributed by atoms with Crippen molar-refractivity contribution in [2.45, 2.75) is 0 Å². The Morgan fingerprint density at radius 3 is 2.54 bits per heavy atom. The van der Waals surface area contributed by atoms with Gasteiger partial charge in [0, 0.05) is 61.9 Å². The van der Waals surface area contributed by atoms with Crippen LogP contribution >= 0.6 is 22.6 Å². The van der Waals surface area contributed by atoms with Gasteiger partial charge in [-0.1, -0.05) is 0 Å². The Bertz CT molecular complexity index is 169. The van der Waals surface area contributed by atoms with Crippen LogP contribution in [0.1, 0.15) is 0 Å². The van der Waals surface area contributed by atoms with Crippen molar-refractivity contribution in [1.29, 1.82) is 0 Å². The van der Waals surface area contributed by atoms with Crippen molar-refractivity contribution in [3.05, 3.63) is 0 Å². The molecule has 0 spiro atoms. The van der Waals surface area contributed by atoms with E-state index in [4.69, 9.17) is 0 Å². The van der Waals surface area contributed by atoms with Gasteiger partial charge in [0.2, 0.25) is 0 Å². The quantitative estimate of drug-likeness (QED) is 0.465. The van der Waals surface area contributed by atoms with Gasteiger partial charge in [-0.3, -0.25) is 9.69 Å². The van der Waals surface area contributed by atoms with Gasteiger partial charge in [0.25, 0.3) is 3.91 Å². The summed E-state index contributed by atoms with van der Waals surface area (Å²) in [5.41, 5.74) is 0. The molecule has 0 aliphatic carbocycles. The summed E-state index contributed by atoms with van der Waals surface area (Å²) in [5.74, 6) is 0. The van der Waals surface area contributed by atoms with Crippen LogP contribution < -0.4 is 5.32 Å². The van der Waals surface area contributed by atoms with E-state index in [0.29, 0.717) is 0 Å². The van der Waals surface area contributed by atoms with Gasteiger partial charge in [0.05, 0.1) is 0 Å². The summed E-state index contributed by atoms with van der Waals surface area (Å²) >= 11 is 1.76. The third-order valence-corrected chi connectivity index (χ3v) is 2.67. The Hall–Kier alpha value is 0.120. The number of nitrogens with one attached hydrogen (secondary N) is 1. The fourth-order valence-electron chi connectivity index (χ4n) is 1.38. The summed E-state index contributed by atoms with van der Waals surface area (Å²) in [7, 11) is 2.14. The first-order valence-electron chi connectivity index (χ1n) is 4.53. The highest BCUT2D eigenvalue weighted by Gasteiger charge is 2.12. The standard InChI is InChI=1S/C8H16IN3O/c1-11-4-6-12(7-5-11)3-2-10-8(9)13/h2-7H2,1H3,(H,10,13). The molecule has 1 amide bonds. The predicted octanol–water partition coefficient (Wildman–Crippen LogP) is 0.378. The number of amides is 1. The Labute approximate surface area is 92.8 Å². The van der Waals surface area contributed by atoms with Crippen molar-refractivity contribution < 1.29 is 4.79 Å². The highest BCUT2D eigenvalue weighted by atomic mass is 127. The fourth-order valence-corrected chi connectivity index (χ4v) is 1.65. The van der Waals surface area contributed by atoms with Crippen molar-refractivity contribution in [2.24, 2.45) is 0 Å². The molecule has 0 aromatic carbocycles. The summed E-state index contributed by atoms with van der Waals surface area (Å²) in [6, 6.07) is 0. The number of piperazine rings is 1. The zero-order valence-electron chi connectivity index (χ0n) is 7.92. The van der Waals surface area contributed by atoms with Gasteiger partial charge < -0.3 is 10.2 Å². The molecule has 1 aliphatic heterocycles. The second kappa shape index (κ2) is 5.77. The molecule has 0 unspecified atom stereocenters. The van der Waals surface area contributed by atoms with Gasteiger partial charge in [0.1, 0.15) is 0 Å². The zero-order valence-corrected chi connectivity index (χ0v) is 10.1. The molecule has 0 bridgehead atoms. The molecule has 0 atom stereocenters. The van der Waals surface area contributed by atoms with E-state index in [1.165, 1.54) is 0 Å². The topological polar surface area (TPSA) is 35.6 Å². The smallest absolute Gasteiger partial charge is 0.280 e. The minimum Gasteiger partial charge on any atom is -0.346 e. The highest BCUT2D eigenvalue weighted by Crippen LogP contribution is 1.97. The third kappa shape index (κ3) is 4.78. The van der Waals surface area contributed by atoms with Crippen LogP contribution in [0, 0.1) is 0 Å². The Kier molecular flexibility index (Phi) is 4.97. The molecule has 0 aromatic heterocycles. The average Bonchev–Trinajstić information content (AvgIpc) is 2.08. The average molecular weight is 297 g/mol. The summed E-state index contributed by atoms with van der Waals surface area (Å²) < 4.78 is 0.0340. The van der Waals surface area contributed by atoms with Crippen molar-refractivity contribution >= 4 is 26.5 Å². The van der Waals surface area contributed by atoms with Gasteiger partial charge in [-0.2, -0.15) is 0 Å². The molecule has 0 radical (unpaired) electrons. The summed E-state index contributed by atoms with van der Waals surface area (Å²) in [5, 5.41) is 2.80. The number of carbonyl (C=O) groups is 1. The van der Waals surface area contributed by atoms with Crippen LogP contribution in [0.25, 0.3) is 0 Å². The van der Waals surface area contributed by atoms with E-state index in [1.54, 1.807) is 22.6 Å². The summed E-state index contributed by atoms with van der Waals surface area (Å²) in [6.45, 7) is 6.26. The van der Waals surface area contributed by atoms with Gasteiger partial charge in [0.15, 0.2) is 0 Å². The number of hydrogen-bond acceptors (Lipinski definition) is 3. The molecule has 1 rings (SSSR count). The SMILES string of the molecule is CN1CCN(CCNC(=O)I)CC1. The largest absolute Gasteiger partial charge is 0.346 e. The second-order valence-electron chi connectivity index (χ2n) is 3.35. The maximum absolute atomic E-state index is 10.6. The third-order valence-electron chi connectivity index (χ3n) is 2.29. The first kappa shape index (κ1) is 11.2. The number of carbonyl (C=O) groups excluding carboxylic acids is 1. The lowest BCUT2D eigenvalue weighted by Crippen LogP contribution is -2.46. The lowest BCUT2D eigenvalue weighted by atomic mass is 10.3. The maximum Gasteiger partial charge on any atom is 0.280 e. The molecule has 13 heavy (non-hydrogen) atoms. The predicted molar refractivity (Wildman–Crippen MR) is 61.4 cm³/mol. The highest BCUT2D eigenvalue weighted by molar-refractivity contribution is 14.1. The Balaban J connectivity index is 2.05. The number of rotatable bonds is 3. The number of likely N-dealkylation sites (N-methyl/N-ethyl adjacent to an activating group) is 1. The lowest BCUT2D eigenvalue weighted by Gasteiger charge is -2.32. The first-order chi connectivity index (χ1) is 6.18. The molecule has 0 saturated carbocycles. The molecule has 0 aromatic rings. The normalized spacial score (nSPS) is 20.2. The molecule has 1 N–H and O–H groups in total. The molecule has 1 fully saturated rings. The number of halogens is 1. The number of nitrogens with zero attached hydrogens (tertiary/aromatic N) is 2. The van der Waals surface area contributed by atoms with Crippen molar-refractivity contribution in [3.63, 3.8) is 0 Å². The van der Waals surface area contributed by atoms with Crippen molar-refractivity contribution in [3.8, 4) is 0 Å². The van der Waals surface area contributed by atoms with E-state index in [1.807, 2.05) is 0 Å². The van der Waals surface area contributed by atoms with Crippen LogP contribution in [0.5, 0.6) is 0 Å². The summed E-state index contributed by atoms with van der Waals surface area (Å²) in [6.07, 6.45) is 0. The van der Waals surface area contributed by atoms with Crippen LogP contribution in [0.15, 0.2) is 0 Å². The van der Waals surface area contributed by atoms with E-state index < -0.39 is 0 Å². The van der Waals surface area contributed by atoms with Crippen LogP contribution in [-0.4, -0.2) is 60.0 Å². The molecule has 1 aliphatic rings. The van der Waals surface area contributed by atoms with Crippen LogP contribution in [-0.2, 0) is 0 Å². The van der Waals surface area contributed by atoms with Gasteiger partial charge >= 0.3 is 0 Å². The van der Waals surface area contributed by atoms with Crippen LogP contribution in [0.2, 0.25) is 0 Å². The molecular formula is C8H16IN3O. The number of hydrogen-bond donors (Lipinski definition) is 1. The first-order valence-corrected chi connectivity index (χ1v) is 5.60. The van der Waals surface area contributed by atoms with Crippen LogP contribution in [0.3, 0.4) is 0 Å². The molecular weight excluding hydrogens is 281 g/mol. The minimum atomic E-state index is 0.0340. The maximum atomic E-state index is 10.6. The van der Waals surface area contributed by atoms with Crippen LogP contribution in [0.4, 0.5) is 4.79 Å². The van der Waals surface area contributed by atoms with Crippen molar-refractivity contribution in [1.82, 2.24) is 15.1 Å². The van der Waals surface area contributed by atoms with E-state index in [0.717, 1.165) is 39.3 Å². The lowest BCUT2D eigenvalue weighted by molar-refractivity contribution is 0.155. The fraction of sp³-hybridized carbons (Fsp3) is 0.875. The second-order valence-corrected chi connectivity index (χ2v) is 4.33. The molecule has 5 heteroatoms. The molecule has 76 valence electrons. The van der Waals surface area contributed by atoms with E-state index in [2.05, 4.69) is 22.2 Å².